The second kappa shape index (κ2) is 11.9. The van der Waals surface area contributed by atoms with Crippen molar-refractivity contribution in [3.8, 4) is 11.5 Å². The monoisotopic (exact) mass is 443 g/mol. The van der Waals surface area contributed by atoms with Crippen molar-refractivity contribution in [3.05, 3.63) is 95.6 Å². The molecule has 0 aliphatic rings. The first-order valence-electron chi connectivity index (χ1n) is 10.3. The highest BCUT2D eigenvalue weighted by Crippen LogP contribution is 2.14. The van der Waals surface area contributed by atoms with Crippen LogP contribution >= 0.6 is 0 Å². The molecular weight excluding hydrogens is 418 g/mol. The number of benzene rings is 3. The molecule has 0 aliphatic carbocycles. The molecule has 0 heterocycles. The van der Waals surface area contributed by atoms with Crippen LogP contribution in [0.2, 0.25) is 0 Å². The Morgan fingerprint density at radius 2 is 1.64 bits per heavy atom. The van der Waals surface area contributed by atoms with Gasteiger partial charge in [0.1, 0.15) is 11.5 Å². The molecule has 3 aromatic carbocycles. The number of rotatable bonds is 9. The number of methoxy groups -OCH3 is 1. The van der Waals surface area contributed by atoms with Gasteiger partial charge in [-0.3, -0.25) is 4.79 Å². The van der Waals surface area contributed by atoms with Crippen molar-refractivity contribution in [3.63, 3.8) is 0 Å². The van der Waals surface area contributed by atoms with E-state index < -0.39 is 5.97 Å². The number of nitrogens with zero attached hydrogens (tertiary/aromatic N) is 1. The van der Waals surface area contributed by atoms with E-state index in [2.05, 4.69) is 15.8 Å². The van der Waals surface area contributed by atoms with Crippen LogP contribution in [-0.4, -0.2) is 31.7 Å². The van der Waals surface area contributed by atoms with Gasteiger partial charge in [-0.15, -0.1) is 0 Å². The lowest BCUT2D eigenvalue weighted by molar-refractivity contribution is -0.129. The zero-order valence-electron chi connectivity index (χ0n) is 18.4. The van der Waals surface area contributed by atoms with Crippen molar-refractivity contribution < 1.29 is 19.1 Å². The van der Waals surface area contributed by atoms with Crippen LogP contribution in [-0.2, 0) is 9.59 Å². The molecule has 0 atom stereocenters. The summed E-state index contributed by atoms with van der Waals surface area (Å²) in [4.78, 5) is 23.9. The second-order valence-corrected chi connectivity index (χ2v) is 7.11. The zero-order valence-corrected chi connectivity index (χ0v) is 18.4. The number of hydrogen-bond acceptors (Lipinski definition) is 6. The molecule has 1 amide bonds. The molecule has 3 rings (SSSR count). The van der Waals surface area contributed by atoms with E-state index >= 15 is 0 Å². The van der Waals surface area contributed by atoms with Gasteiger partial charge in [0.2, 0.25) is 0 Å². The first kappa shape index (κ1) is 23.3. The van der Waals surface area contributed by atoms with Crippen LogP contribution in [0.4, 0.5) is 5.69 Å². The van der Waals surface area contributed by atoms with Crippen molar-refractivity contribution in [2.75, 3.05) is 19.0 Å². The summed E-state index contributed by atoms with van der Waals surface area (Å²) in [6, 6.07) is 21.8. The summed E-state index contributed by atoms with van der Waals surface area (Å²) in [6.45, 7) is 2.10. The van der Waals surface area contributed by atoms with Crippen molar-refractivity contribution in [2.24, 2.45) is 5.10 Å². The minimum absolute atomic E-state index is 0.111. The first-order chi connectivity index (χ1) is 16.0. The molecule has 0 fully saturated rings. The molecule has 33 heavy (non-hydrogen) atoms. The van der Waals surface area contributed by atoms with Crippen LogP contribution in [0.15, 0.2) is 84.0 Å². The van der Waals surface area contributed by atoms with Gasteiger partial charge in [-0.25, -0.2) is 10.2 Å². The van der Waals surface area contributed by atoms with Gasteiger partial charge in [0.25, 0.3) is 5.91 Å². The second-order valence-electron chi connectivity index (χ2n) is 7.11. The quantitative estimate of drug-likeness (QED) is 0.170. The lowest BCUT2D eigenvalue weighted by Crippen LogP contribution is -2.25. The predicted molar refractivity (Wildman–Crippen MR) is 130 cm³/mol. The van der Waals surface area contributed by atoms with Crippen LogP contribution in [0.25, 0.3) is 6.08 Å². The lowest BCUT2D eigenvalue weighted by Gasteiger charge is -2.05. The third kappa shape index (κ3) is 7.99. The number of nitrogens with one attached hydrogen (secondary N) is 2. The number of carbonyl (C=O) groups is 2. The Morgan fingerprint density at radius 1 is 0.939 bits per heavy atom. The molecule has 0 unspecified atom stereocenters. The maximum atomic E-state index is 12.0. The van der Waals surface area contributed by atoms with Crippen LogP contribution in [0.3, 0.4) is 0 Å². The Labute approximate surface area is 192 Å². The standard InChI is InChI=1S/C26H25N3O4/c1-19-4-3-5-22(16-19)27-18-25(30)29-28-17-21-8-13-24(14-9-21)33-26(31)15-10-20-6-11-23(32-2)12-7-20/h3-17,27H,18H2,1-2H3,(H,29,30). The van der Waals surface area contributed by atoms with Crippen LogP contribution in [0.5, 0.6) is 11.5 Å². The molecule has 0 saturated heterocycles. The van der Waals surface area contributed by atoms with E-state index in [4.69, 9.17) is 9.47 Å². The molecule has 168 valence electrons. The van der Waals surface area contributed by atoms with E-state index in [0.717, 1.165) is 28.1 Å². The smallest absolute Gasteiger partial charge is 0.336 e. The van der Waals surface area contributed by atoms with E-state index in [1.807, 2.05) is 55.5 Å². The average Bonchev–Trinajstić information content (AvgIpc) is 2.83. The predicted octanol–water partition coefficient (Wildman–Crippen LogP) is 4.18. The minimum atomic E-state index is -0.486. The molecule has 0 saturated carbocycles. The largest absolute Gasteiger partial charge is 0.497 e. The molecule has 0 bridgehead atoms. The Balaban J connectivity index is 1.43. The van der Waals surface area contributed by atoms with Crippen molar-refractivity contribution in [1.82, 2.24) is 5.43 Å². The molecule has 0 radical (unpaired) electrons. The first-order valence-corrected chi connectivity index (χ1v) is 10.3. The van der Waals surface area contributed by atoms with Gasteiger partial charge in [0.05, 0.1) is 19.9 Å². The molecule has 0 spiro atoms. The number of hydrazone groups is 1. The fraction of sp³-hybridized carbons (Fsp3) is 0.115. The highest BCUT2D eigenvalue weighted by molar-refractivity contribution is 5.89. The topological polar surface area (TPSA) is 89.0 Å². The average molecular weight is 444 g/mol. The number of anilines is 1. The number of amides is 1. The summed E-state index contributed by atoms with van der Waals surface area (Å²) in [5.41, 5.74) is 6.06. The van der Waals surface area contributed by atoms with Gasteiger partial charge >= 0.3 is 5.97 Å². The molecular formula is C26H25N3O4. The molecule has 7 heteroatoms. The third-order valence-electron chi connectivity index (χ3n) is 4.50. The minimum Gasteiger partial charge on any atom is -0.497 e. The summed E-state index contributed by atoms with van der Waals surface area (Å²) in [5, 5.41) is 6.98. The van der Waals surface area contributed by atoms with Crippen molar-refractivity contribution in [1.29, 1.82) is 0 Å². The summed E-state index contributed by atoms with van der Waals surface area (Å²) in [7, 11) is 1.60. The lowest BCUT2D eigenvalue weighted by atomic mass is 10.2. The summed E-state index contributed by atoms with van der Waals surface area (Å²) < 4.78 is 10.4. The third-order valence-corrected chi connectivity index (χ3v) is 4.50. The Morgan fingerprint density at radius 3 is 2.33 bits per heavy atom. The number of ether oxygens (including phenoxy) is 2. The maximum Gasteiger partial charge on any atom is 0.336 e. The normalized spacial score (nSPS) is 10.8. The number of esters is 1. The van der Waals surface area contributed by atoms with Gasteiger partial charge in [-0.2, -0.15) is 5.10 Å². The van der Waals surface area contributed by atoms with Crippen LogP contribution in [0, 0.1) is 6.92 Å². The molecule has 0 aromatic heterocycles. The van der Waals surface area contributed by atoms with Gasteiger partial charge in [0, 0.05) is 11.8 Å². The molecule has 3 aromatic rings. The van der Waals surface area contributed by atoms with Gasteiger partial charge in [0.15, 0.2) is 0 Å². The fourth-order valence-electron chi connectivity index (χ4n) is 2.81. The van der Waals surface area contributed by atoms with Gasteiger partial charge in [-0.1, -0.05) is 24.3 Å². The Bertz CT molecular complexity index is 1140. The highest BCUT2D eigenvalue weighted by Gasteiger charge is 2.02. The van der Waals surface area contributed by atoms with Crippen molar-refractivity contribution in [2.45, 2.75) is 6.92 Å². The van der Waals surface area contributed by atoms with Crippen LogP contribution in [0.1, 0.15) is 16.7 Å². The summed E-state index contributed by atoms with van der Waals surface area (Å²) in [5.74, 6) is 0.405. The van der Waals surface area contributed by atoms with E-state index in [1.54, 1.807) is 37.5 Å². The van der Waals surface area contributed by atoms with E-state index in [1.165, 1.54) is 12.3 Å². The fourth-order valence-corrected chi connectivity index (χ4v) is 2.81. The maximum absolute atomic E-state index is 12.0. The van der Waals surface area contributed by atoms with Gasteiger partial charge in [-0.05, 0) is 78.2 Å². The van der Waals surface area contributed by atoms with E-state index in [9.17, 15) is 9.59 Å². The molecule has 0 aliphatic heterocycles. The number of aryl methyl sites for hydroxylation is 1. The number of hydrogen-bond donors (Lipinski definition) is 2. The molecule has 7 nitrogen and oxygen atoms in total. The SMILES string of the molecule is COc1ccc(C=CC(=O)Oc2ccc(C=NNC(=O)CNc3cccc(C)c3)cc2)cc1. The van der Waals surface area contributed by atoms with Crippen molar-refractivity contribution >= 4 is 29.9 Å². The summed E-state index contributed by atoms with van der Waals surface area (Å²) in [6.07, 6.45) is 4.54. The molecule has 2 N–H and O–H groups in total. The summed E-state index contributed by atoms with van der Waals surface area (Å²) >= 11 is 0. The Kier molecular flexibility index (Phi) is 8.36. The van der Waals surface area contributed by atoms with E-state index in [-0.39, 0.29) is 12.5 Å². The van der Waals surface area contributed by atoms with E-state index in [0.29, 0.717) is 5.75 Å². The highest BCUT2D eigenvalue weighted by atomic mass is 16.5. The number of carbonyl (C=O) groups excluding carboxylic acids is 2. The van der Waals surface area contributed by atoms with Gasteiger partial charge < -0.3 is 14.8 Å². The zero-order chi connectivity index (χ0) is 23.5. The van der Waals surface area contributed by atoms with Crippen LogP contribution < -0.4 is 20.2 Å². The Hall–Kier alpha value is -4.39.